The van der Waals surface area contributed by atoms with Crippen LogP contribution in [0.15, 0.2) is 0 Å². The summed E-state index contributed by atoms with van der Waals surface area (Å²) in [5.41, 5.74) is 0. The predicted octanol–water partition coefficient (Wildman–Crippen LogP) is -0.176. The third kappa shape index (κ3) is 10.4. The van der Waals surface area contributed by atoms with Crippen molar-refractivity contribution in [3.05, 3.63) is 0 Å². The van der Waals surface area contributed by atoms with Crippen molar-refractivity contribution in [3.8, 4) is 0 Å². The molecule has 0 unspecified atom stereocenters. The van der Waals surface area contributed by atoms with Gasteiger partial charge in [-0.2, -0.15) is 0 Å². The SMILES string of the molecule is O=P.[LiH].[V]. The average Bonchev–Trinajstić information content (AvgIpc) is 1.00. The monoisotopic (exact) mass is 107 g/mol. The second kappa shape index (κ2) is 28.1. The molecule has 4 heteroatoms. The minimum atomic E-state index is 0. The van der Waals surface area contributed by atoms with Crippen molar-refractivity contribution in [1.29, 1.82) is 0 Å². The maximum Gasteiger partial charge on any atom is 0 e. The summed E-state index contributed by atoms with van der Waals surface area (Å²) in [6.45, 7) is 0. The van der Waals surface area contributed by atoms with Crippen LogP contribution < -0.4 is 0 Å². The van der Waals surface area contributed by atoms with Crippen molar-refractivity contribution in [1.82, 2.24) is 0 Å². The molecule has 0 saturated heterocycles. The molecule has 0 atom stereocenters. The van der Waals surface area contributed by atoms with E-state index in [4.69, 9.17) is 4.57 Å². The fourth-order valence-electron chi connectivity index (χ4n) is 0. The fraction of sp³-hybridized carbons (Fsp3) is 0. The number of rotatable bonds is 0. The molecule has 0 aromatic heterocycles. The molecule has 1 radical (unpaired) electrons. The Bertz CT molecular complexity index is 8.00. The van der Waals surface area contributed by atoms with Gasteiger partial charge in [-0.3, -0.25) is 4.57 Å². The van der Waals surface area contributed by atoms with Gasteiger partial charge in [0, 0.05) is 18.6 Å². The van der Waals surface area contributed by atoms with Crippen molar-refractivity contribution in [2.24, 2.45) is 0 Å². The van der Waals surface area contributed by atoms with Gasteiger partial charge < -0.3 is 0 Å². The Hall–Kier alpha value is 1.28. The Balaban J connectivity index is -0.00000000500. The van der Waals surface area contributed by atoms with Gasteiger partial charge in [0.25, 0.3) is 0 Å². The smallest absolute Gasteiger partial charge is 0 e. The first kappa shape index (κ1) is 18.6. The van der Waals surface area contributed by atoms with E-state index in [-0.39, 0.29) is 37.4 Å². The second-order valence-electron chi connectivity index (χ2n) is 0. The summed E-state index contributed by atoms with van der Waals surface area (Å²) < 4.78 is 8.06. The van der Waals surface area contributed by atoms with Gasteiger partial charge in [0.1, 0.15) is 9.12 Å². The first-order chi connectivity index (χ1) is 1.00. The third-order valence-corrected chi connectivity index (χ3v) is 0. The van der Waals surface area contributed by atoms with E-state index in [0.29, 0.717) is 0 Å². The van der Waals surface area contributed by atoms with E-state index >= 15 is 0 Å². The summed E-state index contributed by atoms with van der Waals surface area (Å²) in [5, 5.41) is 0. The van der Waals surface area contributed by atoms with Crippen LogP contribution in [0.25, 0.3) is 0 Å². The van der Waals surface area contributed by atoms with E-state index in [2.05, 4.69) is 0 Å². The summed E-state index contributed by atoms with van der Waals surface area (Å²) in [5.74, 6) is 0. The van der Waals surface area contributed by atoms with Crippen molar-refractivity contribution in [2.45, 2.75) is 0 Å². The molecule has 0 fully saturated rings. The molecule has 0 rings (SSSR count). The van der Waals surface area contributed by atoms with Crippen LogP contribution in [-0.2, 0) is 23.1 Å². The quantitative estimate of drug-likeness (QED) is 0.310. The largest absolute Gasteiger partial charge is 0 e. The van der Waals surface area contributed by atoms with Gasteiger partial charge in [-0.05, 0) is 0 Å². The van der Waals surface area contributed by atoms with Crippen LogP contribution in [0.1, 0.15) is 0 Å². The molecule has 0 aliphatic heterocycles. The number of hydrogen-bond acceptors (Lipinski definition) is 1. The standard InChI is InChI=1S/Li.HOP.V.H/c;1-2;;/h;2H;;. The Morgan fingerprint density at radius 2 is 1.25 bits per heavy atom. The van der Waals surface area contributed by atoms with E-state index in [1.807, 2.05) is 0 Å². The molecular weight excluding hydrogens is 105 g/mol. The zero-order chi connectivity index (χ0) is 2.00. The summed E-state index contributed by atoms with van der Waals surface area (Å²) in [6, 6.07) is 0. The van der Waals surface area contributed by atoms with Crippen molar-refractivity contribution in [2.75, 3.05) is 0 Å². The summed E-state index contributed by atoms with van der Waals surface area (Å²) >= 11 is 0. The average molecular weight is 107 g/mol. The Morgan fingerprint density at radius 1 is 1.25 bits per heavy atom. The Kier molecular flexibility index (Phi) is 131. The van der Waals surface area contributed by atoms with Crippen LogP contribution in [-0.4, -0.2) is 18.9 Å². The molecule has 0 spiro atoms. The minimum Gasteiger partial charge on any atom is 0 e. The van der Waals surface area contributed by atoms with E-state index in [1.54, 1.807) is 9.12 Å². The van der Waals surface area contributed by atoms with Gasteiger partial charge in [-0.1, -0.05) is 0 Å². The normalized spacial score (nSPS) is 1.00. The van der Waals surface area contributed by atoms with E-state index in [0.717, 1.165) is 0 Å². The molecule has 0 amide bonds. The molecule has 0 aromatic rings. The first-order valence-corrected chi connectivity index (χ1v) is 0.612. The third-order valence-electron chi connectivity index (χ3n) is 0. The zero-order valence-corrected chi connectivity index (χ0v) is 3.75. The van der Waals surface area contributed by atoms with Gasteiger partial charge in [-0.25, -0.2) is 0 Å². The van der Waals surface area contributed by atoms with Crippen LogP contribution in [0.4, 0.5) is 0 Å². The zero-order valence-electron chi connectivity index (χ0n) is 1.36. The molecule has 0 aromatic carbocycles. The van der Waals surface area contributed by atoms with Crippen molar-refractivity contribution in [3.63, 3.8) is 0 Å². The minimum absolute atomic E-state index is 0. The topological polar surface area (TPSA) is 17.1 Å². The molecule has 0 N–H and O–H groups in total. The molecule has 1 nitrogen and oxygen atoms in total. The van der Waals surface area contributed by atoms with Gasteiger partial charge in [0.15, 0.2) is 0 Å². The maximum atomic E-state index is 8.06. The van der Waals surface area contributed by atoms with Crippen LogP contribution in [0, 0.1) is 0 Å². The fourth-order valence-corrected chi connectivity index (χ4v) is 0. The molecule has 0 heterocycles. The molecule has 0 aliphatic rings. The molecule has 4 heavy (non-hydrogen) atoms. The summed E-state index contributed by atoms with van der Waals surface area (Å²) in [7, 11) is 1.72. The molecular formula is H2LiOPV. The van der Waals surface area contributed by atoms with Gasteiger partial charge >= 0.3 is 18.9 Å². The maximum absolute atomic E-state index is 8.06. The second-order valence-corrected chi connectivity index (χ2v) is 0. The van der Waals surface area contributed by atoms with Gasteiger partial charge in [0.2, 0.25) is 0 Å². The van der Waals surface area contributed by atoms with E-state index < -0.39 is 0 Å². The number of hydrogen-bond donors (Lipinski definition) is 0. The predicted molar refractivity (Wildman–Crippen MR) is 16.2 cm³/mol. The Labute approximate surface area is 51.2 Å². The van der Waals surface area contributed by atoms with E-state index in [9.17, 15) is 0 Å². The van der Waals surface area contributed by atoms with Crippen LogP contribution >= 0.6 is 9.12 Å². The summed E-state index contributed by atoms with van der Waals surface area (Å²) in [4.78, 5) is 0. The van der Waals surface area contributed by atoms with Crippen molar-refractivity contribution >= 4 is 28.0 Å². The van der Waals surface area contributed by atoms with Crippen LogP contribution in [0.5, 0.6) is 0 Å². The first-order valence-electron chi connectivity index (χ1n) is 0.204. The molecule has 0 saturated carbocycles. The molecule has 19 valence electrons. The van der Waals surface area contributed by atoms with Gasteiger partial charge in [0.05, 0.1) is 0 Å². The summed E-state index contributed by atoms with van der Waals surface area (Å²) in [6.07, 6.45) is 0. The van der Waals surface area contributed by atoms with Gasteiger partial charge in [-0.15, -0.1) is 0 Å². The van der Waals surface area contributed by atoms with E-state index in [1.165, 1.54) is 0 Å². The van der Waals surface area contributed by atoms with Crippen LogP contribution in [0.2, 0.25) is 0 Å². The molecule has 0 bridgehead atoms. The van der Waals surface area contributed by atoms with Crippen molar-refractivity contribution < 1.29 is 23.1 Å². The Morgan fingerprint density at radius 3 is 1.25 bits per heavy atom. The molecule has 0 aliphatic carbocycles. The van der Waals surface area contributed by atoms with Crippen LogP contribution in [0.3, 0.4) is 0 Å².